The molecule has 1 atom stereocenters. The van der Waals surface area contributed by atoms with Crippen molar-refractivity contribution >= 4 is 0 Å². The third kappa shape index (κ3) is 2.54. The topological polar surface area (TPSA) is 29.9 Å². The molecule has 0 radical (unpaired) electrons. The van der Waals surface area contributed by atoms with E-state index in [-0.39, 0.29) is 0 Å². The number of aromatic nitrogens is 2. The van der Waals surface area contributed by atoms with Crippen LogP contribution in [0.3, 0.4) is 0 Å². The predicted octanol–water partition coefficient (Wildman–Crippen LogP) is 2.89. The van der Waals surface area contributed by atoms with Crippen LogP contribution in [-0.2, 0) is 6.54 Å². The van der Waals surface area contributed by atoms with Crippen LogP contribution in [-0.4, -0.2) is 15.6 Å². The summed E-state index contributed by atoms with van der Waals surface area (Å²) in [6.45, 7) is 3.32. The van der Waals surface area contributed by atoms with Crippen molar-refractivity contribution in [2.45, 2.75) is 64.1 Å². The summed E-state index contributed by atoms with van der Waals surface area (Å²) in [7, 11) is 0. The van der Waals surface area contributed by atoms with Crippen LogP contribution in [0.2, 0.25) is 0 Å². The molecule has 1 aromatic rings. The number of nitrogens with one attached hydrogen (secondary N) is 1. The number of nitrogens with zero attached hydrogens (tertiary/aromatic N) is 2. The minimum absolute atomic E-state index is 0.653. The van der Waals surface area contributed by atoms with Crippen molar-refractivity contribution < 1.29 is 0 Å². The quantitative estimate of drug-likeness (QED) is 0.847. The first-order valence-corrected chi connectivity index (χ1v) is 7.08. The highest BCUT2D eigenvalue weighted by Gasteiger charge is 2.26. The van der Waals surface area contributed by atoms with Crippen LogP contribution in [0.15, 0.2) is 12.5 Å². The summed E-state index contributed by atoms with van der Waals surface area (Å²) in [5.41, 5.74) is 1.36. The Morgan fingerprint density at radius 1 is 1.35 bits per heavy atom. The first-order valence-electron chi connectivity index (χ1n) is 7.08. The second-order valence-corrected chi connectivity index (χ2v) is 5.74. The molecule has 3 rings (SSSR count). The molecule has 0 amide bonds. The van der Waals surface area contributed by atoms with Crippen LogP contribution in [0.25, 0.3) is 0 Å². The van der Waals surface area contributed by atoms with Crippen LogP contribution >= 0.6 is 0 Å². The van der Waals surface area contributed by atoms with E-state index in [1.165, 1.54) is 44.2 Å². The molecule has 0 spiro atoms. The van der Waals surface area contributed by atoms with E-state index in [1.54, 1.807) is 0 Å². The van der Waals surface area contributed by atoms with E-state index in [0.29, 0.717) is 6.04 Å². The summed E-state index contributed by atoms with van der Waals surface area (Å²) in [5, 5.41) is 3.69. The van der Waals surface area contributed by atoms with Crippen molar-refractivity contribution in [3.8, 4) is 0 Å². The zero-order chi connectivity index (χ0) is 11.7. The van der Waals surface area contributed by atoms with E-state index in [2.05, 4.69) is 21.8 Å². The average Bonchev–Trinajstić information content (AvgIpc) is 2.87. The molecule has 94 valence electrons. The van der Waals surface area contributed by atoms with Gasteiger partial charge in [0.2, 0.25) is 0 Å². The summed E-state index contributed by atoms with van der Waals surface area (Å²) in [6.07, 6.45) is 12.4. The lowest BCUT2D eigenvalue weighted by Gasteiger charge is -2.20. The van der Waals surface area contributed by atoms with Crippen molar-refractivity contribution in [2.75, 3.05) is 0 Å². The Bertz CT molecular complexity index is 361. The minimum atomic E-state index is 0.653. The Kier molecular flexibility index (Phi) is 3.19. The van der Waals surface area contributed by atoms with Gasteiger partial charge < -0.3 is 9.88 Å². The predicted molar refractivity (Wildman–Crippen MR) is 68.8 cm³/mol. The Hall–Kier alpha value is -0.830. The smallest absolute Gasteiger partial charge is 0.0951 e. The van der Waals surface area contributed by atoms with E-state index in [1.807, 2.05) is 12.5 Å². The second-order valence-electron chi connectivity index (χ2n) is 5.74. The number of hydrogen-bond acceptors (Lipinski definition) is 2. The van der Waals surface area contributed by atoms with Crippen LogP contribution < -0.4 is 5.32 Å². The first kappa shape index (κ1) is 11.3. The molecule has 2 aliphatic rings. The molecule has 3 heteroatoms. The Labute approximate surface area is 104 Å². The standard InChI is InChI=1S/C14H23N3/c1-11(12-4-2-3-5-12)16-9-14-8-15-10-17(14)13-6-7-13/h8,10-13,16H,2-7,9H2,1H3/t11-/m0/s1. The highest BCUT2D eigenvalue weighted by molar-refractivity contribution is 5.03. The summed E-state index contributed by atoms with van der Waals surface area (Å²) in [5.74, 6) is 0.896. The van der Waals surface area contributed by atoms with Gasteiger partial charge in [0.05, 0.1) is 12.0 Å². The summed E-state index contributed by atoms with van der Waals surface area (Å²) < 4.78 is 2.36. The van der Waals surface area contributed by atoms with Gasteiger partial charge >= 0.3 is 0 Å². The molecule has 1 aromatic heterocycles. The minimum Gasteiger partial charge on any atom is -0.330 e. The van der Waals surface area contributed by atoms with Gasteiger partial charge in [0, 0.05) is 24.8 Å². The lowest BCUT2D eigenvalue weighted by Crippen LogP contribution is -2.32. The molecule has 2 aliphatic carbocycles. The normalized spacial score (nSPS) is 23.1. The number of rotatable bonds is 5. The Balaban J connectivity index is 1.54. The average molecular weight is 233 g/mol. The van der Waals surface area contributed by atoms with Gasteiger partial charge in [-0.15, -0.1) is 0 Å². The molecule has 2 saturated carbocycles. The van der Waals surface area contributed by atoms with Crippen LogP contribution in [0.5, 0.6) is 0 Å². The van der Waals surface area contributed by atoms with Gasteiger partial charge in [0.25, 0.3) is 0 Å². The molecule has 1 N–H and O–H groups in total. The SMILES string of the molecule is C[C@H](NCc1cncn1C1CC1)C1CCCC1. The largest absolute Gasteiger partial charge is 0.330 e. The fourth-order valence-electron chi connectivity index (χ4n) is 3.04. The molecule has 0 aliphatic heterocycles. The third-order valence-corrected chi connectivity index (χ3v) is 4.40. The lowest BCUT2D eigenvalue weighted by molar-refractivity contribution is 0.376. The first-order chi connectivity index (χ1) is 8.34. The van der Waals surface area contributed by atoms with Gasteiger partial charge in [-0.05, 0) is 38.5 Å². The molecule has 17 heavy (non-hydrogen) atoms. The lowest BCUT2D eigenvalue weighted by atomic mass is 10.00. The molecule has 3 nitrogen and oxygen atoms in total. The van der Waals surface area contributed by atoms with E-state index in [4.69, 9.17) is 0 Å². The maximum absolute atomic E-state index is 4.28. The van der Waals surface area contributed by atoms with Gasteiger partial charge in [0.1, 0.15) is 0 Å². The van der Waals surface area contributed by atoms with Crippen LogP contribution in [0, 0.1) is 5.92 Å². The Morgan fingerprint density at radius 2 is 2.12 bits per heavy atom. The molecular formula is C14H23N3. The number of imidazole rings is 1. The van der Waals surface area contributed by atoms with Crippen molar-refractivity contribution in [3.05, 3.63) is 18.2 Å². The molecular weight excluding hydrogens is 210 g/mol. The zero-order valence-electron chi connectivity index (χ0n) is 10.7. The van der Waals surface area contributed by atoms with Crippen LogP contribution in [0.1, 0.15) is 57.2 Å². The Morgan fingerprint density at radius 3 is 2.82 bits per heavy atom. The third-order valence-electron chi connectivity index (χ3n) is 4.40. The highest BCUT2D eigenvalue weighted by Crippen LogP contribution is 2.35. The van der Waals surface area contributed by atoms with Crippen molar-refractivity contribution in [2.24, 2.45) is 5.92 Å². The fraction of sp³-hybridized carbons (Fsp3) is 0.786. The summed E-state index contributed by atoms with van der Waals surface area (Å²) >= 11 is 0. The maximum atomic E-state index is 4.28. The molecule has 0 aromatic carbocycles. The molecule has 0 saturated heterocycles. The van der Waals surface area contributed by atoms with Gasteiger partial charge in [0.15, 0.2) is 0 Å². The van der Waals surface area contributed by atoms with E-state index in [0.717, 1.165) is 18.5 Å². The highest BCUT2D eigenvalue weighted by atomic mass is 15.1. The van der Waals surface area contributed by atoms with Gasteiger partial charge in [-0.25, -0.2) is 4.98 Å². The van der Waals surface area contributed by atoms with Gasteiger partial charge in [-0.2, -0.15) is 0 Å². The molecule has 2 fully saturated rings. The van der Waals surface area contributed by atoms with E-state index < -0.39 is 0 Å². The van der Waals surface area contributed by atoms with Crippen LogP contribution in [0.4, 0.5) is 0 Å². The number of hydrogen-bond donors (Lipinski definition) is 1. The molecule has 0 bridgehead atoms. The summed E-state index contributed by atoms with van der Waals surface area (Å²) in [4.78, 5) is 4.28. The van der Waals surface area contributed by atoms with E-state index in [9.17, 15) is 0 Å². The molecule has 0 unspecified atom stereocenters. The maximum Gasteiger partial charge on any atom is 0.0951 e. The second kappa shape index (κ2) is 4.81. The monoisotopic (exact) mass is 233 g/mol. The fourth-order valence-corrected chi connectivity index (χ4v) is 3.04. The van der Waals surface area contributed by atoms with E-state index >= 15 is 0 Å². The zero-order valence-corrected chi connectivity index (χ0v) is 10.7. The van der Waals surface area contributed by atoms with Gasteiger partial charge in [-0.3, -0.25) is 0 Å². The molecule has 1 heterocycles. The van der Waals surface area contributed by atoms with Crippen molar-refractivity contribution in [3.63, 3.8) is 0 Å². The van der Waals surface area contributed by atoms with Crippen molar-refractivity contribution in [1.29, 1.82) is 0 Å². The van der Waals surface area contributed by atoms with Crippen molar-refractivity contribution in [1.82, 2.24) is 14.9 Å². The van der Waals surface area contributed by atoms with Gasteiger partial charge in [-0.1, -0.05) is 12.8 Å². The summed E-state index contributed by atoms with van der Waals surface area (Å²) in [6, 6.07) is 1.40.